The highest BCUT2D eigenvalue weighted by molar-refractivity contribution is 7.14. The second-order valence-electron chi connectivity index (χ2n) is 8.06. The summed E-state index contributed by atoms with van der Waals surface area (Å²) in [4.78, 5) is 29.3. The van der Waals surface area contributed by atoms with Crippen LogP contribution < -0.4 is 5.32 Å². The molecule has 3 fully saturated rings. The SMILES string of the molecule is CCc1ccc(C(=O)N2C[C@@H]3[C@H](CNC(=O)c4ccoc4)[C@H]4CC[C@]3(C2)O4)s1. The molecule has 3 aliphatic rings. The van der Waals surface area contributed by atoms with Crippen molar-refractivity contribution in [1.29, 1.82) is 0 Å². The van der Waals surface area contributed by atoms with Crippen molar-refractivity contribution >= 4 is 23.2 Å². The molecule has 1 N–H and O–H groups in total. The molecular weight excluding hydrogens is 376 g/mol. The number of carbonyl (C=O) groups is 2. The molecule has 28 heavy (non-hydrogen) atoms. The topological polar surface area (TPSA) is 71.8 Å². The first-order chi connectivity index (χ1) is 13.6. The third-order valence-electron chi connectivity index (χ3n) is 6.57. The summed E-state index contributed by atoms with van der Waals surface area (Å²) in [5, 5.41) is 3.03. The minimum Gasteiger partial charge on any atom is -0.472 e. The van der Waals surface area contributed by atoms with Crippen LogP contribution in [-0.4, -0.2) is 48.1 Å². The molecule has 1 spiro atoms. The zero-order valence-corrected chi connectivity index (χ0v) is 16.7. The standard InChI is InChI=1S/C21H24N2O4S/c1-2-14-3-4-18(28-14)20(25)23-10-16-15(17-5-7-21(16,12-23)27-17)9-22-19(24)13-6-8-26-11-13/h3-4,6,8,11,15-17H,2,5,7,9-10,12H2,1H3,(H,22,24)/t15-,16+,17+,21+/m0/s1. The lowest BCUT2D eigenvalue weighted by molar-refractivity contribution is 0.00322. The van der Waals surface area contributed by atoms with Crippen LogP contribution in [0.2, 0.25) is 0 Å². The second kappa shape index (κ2) is 6.74. The maximum Gasteiger partial charge on any atom is 0.264 e. The molecule has 4 atom stereocenters. The van der Waals surface area contributed by atoms with E-state index in [0.717, 1.165) is 24.1 Å². The molecule has 7 heteroatoms. The molecule has 2 aromatic heterocycles. The number of hydrogen-bond donors (Lipinski definition) is 1. The minimum atomic E-state index is -0.226. The molecule has 5 heterocycles. The molecule has 2 aromatic rings. The van der Waals surface area contributed by atoms with E-state index in [4.69, 9.17) is 9.15 Å². The average molecular weight is 401 g/mol. The highest BCUT2D eigenvalue weighted by atomic mass is 32.1. The van der Waals surface area contributed by atoms with Crippen molar-refractivity contribution in [2.45, 2.75) is 37.9 Å². The van der Waals surface area contributed by atoms with Crippen LogP contribution >= 0.6 is 11.3 Å². The van der Waals surface area contributed by atoms with E-state index in [1.807, 2.05) is 17.0 Å². The van der Waals surface area contributed by atoms with Gasteiger partial charge in [0.1, 0.15) is 6.26 Å². The highest BCUT2D eigenvalue weighted by Gasteiger charge is 2.63. The van der Waals surface area contributed by atoms with Crippen molar-refractivity contribution in [2.24, 2.45) is 11.8 Å². The van der Waals surface area contributed by atoms with E-state index < -0.39 is 0 Å². The Morgan fingerprint density at radius 1 is 1.36 bits per heavy atom. The summed E-state index contributed by atoms with van der Waals surface area (Å²) in [5.41, 5.74) is 0.308. The van der Waals surface area contributed by atoms with Crippen molar-refractivity contribution in [2.75, 3.05) is 19.6 Å². The van der Waals surface area contributed by atoms with E-state index in [2.05, 4.69) is 12.2 Å². The quantitative estimate of drug-likeness (QED) is 0.838. The summed E-state index contributed by atoms with van der Waals surface area (Å²) in [7, 11) is 0. The van der Waals surface area contributed by atoms with E-state index in [1.165, 1.54) is 17.4 Å². The van der Waals surface area contributed by atoms with Gasteiger partial charge in [0.15, 0.2) is 0 Å². The van der Waals surface area contributed by atoms with Gasteiger partial charge in [-0.2, -0.15) is 0 Å². The first kappa shape index (κ1) is 17.9. The van der Waals surface area contributed by atoms with Crippen molar-refractivity contribution in [3.8, 4) is 0 Å². The number of furan rings is 1. The molecule has 2 amide bonds. The number of nitrogens with one attached hydrogen (secondary N) is 1. The molecule has 5 rings (SSSR count). The lowest BCUT2D eigenvalue weighted by atomic mass is 9.73. The normalized spacial score (nSPS) is 30.6. The van der Waals surface area contributed by atoms with Crippen LogP contribution in [0.3, 0.4) is 0 Å². The highest BCUT2D eigenvalue weighted by Crippen LogP contribution is 2.54. The monoisotopic (exact) mass is 400 g/mol. The van der Waals surface area contributed by atoms with Crippen LogP contribution in [0.5, 0.6) is 0 Å². The zero-order chi connectivity index (χ0) is 19.3. The third-order valence-corrected chi connectivity index (χ3v) is 7.79. The van der Waals surface area contributed by atoms with Crippen LogP contribution in [0.25, 0.3) is 0 Å². The van der Waals surface area contributed by atoms with E-state index in [9.17, 15) is 9.59 Å². The number of ether oxygens (including phenoxy) is 1. The fraction of sp³-hybridized carbons (Fsp3) is 0.524. The van der Waals surface area contributed by atoms with Crippen molar-refractivity contribution < 1.29 is 18.7 Å². The molecule has 3 aliphatic heterocycles. The summed E-state index contributed by atoms with van der Waals surface area (Å²) >= 11 is 1.59. The van der Waals surface area contributed by atoms with Gasteiger partial charge in [-0.15, -0.1) is 11.3 Å². The summed E-state index contributed by atoms with van der Waals surface area (Å²) in [6.07, 6.45) is 6.09. The molecule has 148 valence electrons. The Labute approximate surface area is 167 Å². The number of aryl methyl sites for hydroxylation is 1. The van der Waals surface area contributed by atoms with Crippen molar-refractivity contribution in [3.05, 3.63) is 46.0 Å². The van der Waals surface area contributed by atoms with Gasteiger partial charge in [0.2, 0.25) is 0 Å². The van der Waals surface area contributed by atoms with Gasteiger partial charge in [-0.1, -0.05) is 6.92 Å². The fourth-order valence-corrected chi connectivity index (χ4v) is 6.08. The number of carbonyl (C=O) groups excluding carboxylic acids is 2. The molecule has 0 unspecified atom stereocenters. The number of nitrogens with zero attached hydrogens (tertiary/aromatic N) is 1. The summed E-state index contributed by atoms with van der Waals surface area (Å²) in [5.74, 6) is 0.520. The molecule has 0 aliphatic carbocycles. The molecule has 0 aromatic carbocycles. The predicted octanol–water partition coefficient (Wildman–Crippen LogP) is 2.95. The molecule has 0 saturated carbocycles. The summed E-state index contributed by atoms with van der Waals surface area (Å²) < 4.78 is 11.4. The summed E-state index contributed by atoms with van der Waals surface area (Å²) in [6.45, 7) is 4.05. The van der Waals surface area contributed by atoms with E-state index in [-0.39, 0.29) is 35.4 Å². The van der Waals surface area contributed by atoms with Crippen LogP contribution in [0, 0.1) is 11.8 Å². The van der Waals surface area contributed by atoms with Crippen LogP contribution in [0.4, 0.5) is 0 Å². The number of fused-ring (bicyclic) bond motifs is 1. The Hall–Kier alpha value is -2.12. The largest absolute Gasteiger partial charge is 0.472 e. The van der Waals surface area contributed by atoms with Crippen molar-refractivity contribution in [1.82, 2.24) is 10.2 Å². The van der Waals surface area contributed by atoms with Gasteiger partial charge in [0.05, 0.1) is 35.0 Å². The molecule has 2 bridgehead atoms. The van der Waals surface area contributed by atoms with Gasteiger partial charge in [-0.05, 0) is 37.5 Å². The maximum atomic E-state index is 13.0. The second-order valence-corrected chi connectivity index (χ2v) is 9.23. The smallest absolute Gasteiger partial charge is 0.264 e. The Morgan fingerprint density at radius 3 is 3.00 bits per heavy atom. The van der Waals surface area contributed by atoms with Crippen LogP contribution in [0.15, 0.2) is 35.1 Å². The first-order valence-corrected chi connectivity index (χ1v) is 10.8. The third kappa shape index (κ3) is 2.79. The van der Waals surface area contributed by atoms with Gasteiger partial charge in [0.25, 0.3) is 11.8 Å². The molecule has 3 saturated heterocycles. The Balaban J connectivity index is 1.28. The lowest BCUT2D eigenvalue weighted by Gasteiger charge is -2.29. The molecular formula is C21H24N2O4S. The zero-order valence-electron chi connectivity index (χ0n) is 15.8. The first-order valence-electron chi connectivity index (χ1n) is 9.96. The Morgan fingerprint density at radius 2 is 2.25 bits per heavy atom. The van der Waals surface area contributed by atoms with Crippen LogP contribution in [-0.2, 0) is 11.2 Å². The molecule has 0 radical (unpaired) electrons. The van der Waals surface area contributed by atoms with E-state index in [0.29, 0.717) is 25.2 Å². The lowest BCUT2D eigenvalue weighted by Crippen LogP contribution is -2.41. The van der Waals surface area contributed by atoms with Gasteiger partial charge in [-0.25, -0.2) is 0 Å². The van der Waals surface area contributed by atoms with E-state index >= 15 is 0 Å². The Bertz CT molecular complexity index is 892. The van der Waals surface area contributed by atoms with Gasteiger partial charge < -0.3 is 19.4 Å². The molecule has 6 nitrogen and oxygen atoms in total. The van der Waals surface area contributed by atoms with Crippen molar-refractivity contribution in [3.63, 3.8) is 0 Å². The Kier molecular flexibility index (Phi) is 4.32. The number of thiophene rings is 1. The van der Waals surface area contributed by atoms with Gasteiger partial charge >= 0.3 is 0 Å². The van der Waals surface area contributed by atoms with Gasteiger partial charge in [0, 0.05) is 29.8 Å². The number of likely N-dealkylation sites (tertiary alicyclic amines) is 1. The number of hydrogen-bond acceptors (Lipinski definition) is 5. The van der Waals surface area contributed by atoms with Crippen LogP contribution in [0.1, 0.15) is 44.7 Å². The van der Waals surface area contributed by atoms with Gasteiger partial charge in [-0.3, -0.25) is 9.59 Å². The summed E-state index contributed by atoms with van der Waals surface area (Å²) in [6, 6.07) is 5.65. The average Bonchev–Trinajstić information content (AvgIpc) is 3.50. The maximum absolute atomic E-state index is 13.0. The number of amides is 2. The minimum absolute atomic E-state index is 0.113. The fourth-order valence-electron chi connectivity index (χ4n) is 5.16. The number of rotatable bonds is 5. The predicted molar refractivity (Wildman–Crippen MR) is 104 cm³/mol. The van der Waals surface area contributed by atoms with E-state index in [1.54, 1.807) is 17.4 Å².